The van der Waals surface area contributed by atoms with Gasteiger partial charge in [-0.15, -0.1) is 0 Å². The van der Waals surface area contributed by atoms with E-state index in [0.717, 1.165) is 5.57 Å². The molecular weight excluding hydrogens is 540 g/mol. The maximum atomic E-state index is 12.4. The van der Waals surface area contributed by atoms with Crippen LogP contribution < -0.4 is 0 Å². The molecule has 0 aromatic heterocycles. The number of aliphatic hydroxyl groups is 8. The smallest absolute Gasteiger partial charge is 0.331 e. The largest absolute Gasteiger partial charge is 0.458 e. The van der Waals surface area contributed by atoms with Gasteiger partial charge in [0.1, 0.15) is 24.9 Å². The number of aliphatic hydroxyl groups excluding tert-OH is 6. The van der Waals surface area contributed by atoms with Gasteiger partial charge < -0.3 is 55.1 Å². The molecule has 2 heterocycles. The summed E-state index contributed by atoms with van der Waals surface area (Å²) >= 11 is 0. The highest BCUT2D eigenvalue weighted by atomic mass is 16.7. The average Bonchev–Trinajstić information content (AvgIpc) is 3.45. The Morgan fingerprint density at radius 2 is 1.76 bits per heavy atom. The molecule has 0 aromatic rings. The molecule has 41 heavy (non-hydrogen) atoms. The molecule has 8 N–H and O–H groups in total. The van der Waals surface area contributed by atoms with E-state index in [9.17, 15) is 45.6 Å². The van der Waals surface area contributed by atoms with Crippen LogP contribution in [0.3, 0.4) is 0 Å². The molecule has 5 fully saturated rings. The third-order valence-corrected chi connectivity index (χ3v) is 12.2. The summed E-state index contributed by atoms with van der Waals surface area (Å²) in [6.07, 6.45) is -6.68. The van der Waals surface area contributed by atoms with Gasteiger partial charge in [0.25, 0.3) is 0 Å². The number of ether oxygens (including phenoxy) is 3. The summed E-state index contributed by atoms with van der Waals surface area (Å²) in [6, 6.07) is 0. The zero-order chi connectivity index (χ0) is 29.7. The Bertz CT molecular complexity index is 1080. The second-order valence-electron chi connectivity index (χ2n) is 13.8. The Morgan fingerprint density at radius 1 is 1.02 bits per heavy atom. The monoisotopic (exact) mass is 584 g/mol. The van der Waals surface area contributed by atoms with Gasteiger partial charge in [0, 0.05) is 30.3 Å². The van der Waals surface area contributed by atoms with Gasteiger partial charge in [-0.05, 0) is 56.4 Å². The van der Waals surface area contributed by atoms with Crippen molar-refractivity contribution in [2.75, 3.05) is 13.2 Å². The van der Waals surface area contributed by atoms with Crippen LogP contribution in [0.2, 0.25) is 0 Å². The molecule has 1 saturated heterocycles. The SMILES string of the molecule is C[C@@H]1O[C@@H](O[C@H]2C[C@@H](O)[C@]3(CO)[C@@H]4[C@@H](CC[C@]3(O)C2)[C@@]2(O)CC[C@H](C3=CC(=O)OC3)[C@@]2(C)C[C@@H]4O)[C@H](O)[C@H](O)[C@H]1O. The lowest BCUT2D eigenvalue weighted by molar-refractivity contribution is -0.342. The van der Waals surface area contributed by atoms with Crippen LogP contribution in [-0.2, 0) is 19.0 Å². The fourth-order valence-electron chi connectivity index (χ4n) is 10.1. The zero-order valence-electron chi connectivity index (χ0n) is 23.5. The Balaban J connectivity index is 1.28. The van der Waals surface area contributed by atoms with E-state index in [-0.39, 0.29) is 38.2 Å². The fourth-order valence-corrected chi connectivity index (χ4v) is 10.1. The van der Waals surface area contributed by atoms with Gasteiger partial charge in [-0.2, -0.15) is 0 Å². The van der Waals surface area contributed by atoms with Crippen molar-refractivity contribution in [3.05, 3.63) is 11.6 Å². The molecule has 12 heteroatoms. The van der Waals surface area contributed by atoms with E-state index in [1.807, 2.05) is 6.92 Å². The van der Waals surface area contributed by atoms with Crippen LogP contribution in [0, 0.1) is 28.6 Å². The summed E-state index contributed by atoms with van der Waals surface area (Å²) in [7, 11) is 0. The van der Waals surface area contributed by atoms with E-state index < -0.39 is 95.5 Å². The van der Waals surface area contributed by atoms with Crippen LogP contribution in [0.25, 0.3) is 0 Å². The molecule has 15 atom stereocenters. The first-order chi connectivity index (χ1) is 19.2. The van der Waals surface area contributed by atoms with Crippen LogP contribution in [0.15, 0.2) is 11.6 Å². The third kappa shape index (κ3) is 3.99. The summed E-state index contributed by atoms with van der Waals surface area (Å²) < 4.78 is 16.7. The summed E-state index contributed by atoms with van der Waals surface area (Å²) in [5.74, 6) is -1.93. The van der Waals surface area contributed by atoms with E-state index in [1.165, 1.54) is 13.0 Å². The minimum atomic E-state index is -1.67. The van der Waals surface area contributed by atoms with Crippen molar-refractivity contribution >= 4 is 5.97 Å². The van der Waals surface area contributed by atoms with Crippen molar-refractivity contribution in [1.82, 2.24) is 0 Å². The van der Waals surface area contributed by atoms with Crippen LogP contribution in [0.4, 0.5) is 0 Å². The van der Waals surface area contributed by atoms with E-state index in [4.69, 9.17) is 14.2 Å². The molecule has 0 spiro atoms. The van der Waals surface area contributed by atoms with E-state index in [2.05, 4.69) is 0 Å². The predicted octanol–water partition coefficient (Wildman–Crippen LogP) is -1.51. The second kappa shape index (κ2) is 9.91. The molecule has 6 aliphatic rings. The second-order valence-corrected chi connectivity index (χ2v) is 13.8. The number of cyclic esters (lactones) is 1. The van der Waals surface area contributed by atoms with Crippen LogP contribution in [0.5, 0.6) is 0 Å². The highest BCUT2D eigenvalue weighted by molar-refractivity contribution is 5.85. The van der Waals surface area contributed by atoms with Gasteiger partial charge in [0.15, 0.2) is 6.29 Å². The number of carbonyl (C=O) groups is 1. The Morgan fingerprint density at radius 3 is 2.41 bits per heavy atom. The summed E-state index contributed by atoms with van der Waals surface area (Å²) in [4.78, 5) is 11.8. The van der Waals surface area contributed by atoms with Crippen LogP contribution >= 0.6 is 0 Å². The predicted molar refractivity (Wildman–Crippen MR) is 139 cm³/mol. The van der Waals surface area contributed by atoms with Gasteiger partial charge in [-0.1, -0.05) is 6.92 Å². The maximum Gasteiger partial charge on any atom is 0.331 e. The van der Waals surface area contributed by atoms with Gasteiger partial charge in [-0.25, -0.2) is 4.79 Å². The lowest BCUT2D eigenvalue weighted by Gasteiger charge is -2.68. The Hall–Kier alpha value is -1.19. The highest BCUT2D eigenvalue weighted by Crippen LogP contribution is 2.70. The molecule has 232 valence electrons. The number of hydrogen-bond donors (Lipinski definition) is 8. The molecule has 6 rings (SSSR count). The standard InChI is InChI=1S/C29H44O12/c1-13-22(34)23(35)24(36)25(40-13)41-15-8-19(32)28(12-30)21-17(3-5-27(28,37)9-15)29(38)6-4-16(14-7-20(33)39-11-14)26(29,2)10-18(21)31/h7,13,15-19,21-25,30-32,34-38H,3-6,8-12H2,1-2H3/t13-,15-,16+,17+,18-,19+,21+,22-,23+,24+,25-,26+,27-,28+,29-/m0/s1. The fraction of sp³-hybridized carbons (Fsp3) is 0.897. The van der Waals surface area contributed by atoms with Crippen LogP contribution in [-0.4, -0.2) is 120 Å². The van der Waals surface area contributed by atoms with E-state index >= 15 is 0 Å². The van der Waals surface area contributed by atoms with Gasteiger partial charge >= 0.3 is 5.97 Å². The quantitative estimate of drug-likeness (QED) is 0.140. The lowest BCUT2D eigenvalue weighted by atomic mass is 9.40. The van der Waals surface area contributed by atoms with Crippen molar-refractivity contribution < 1.29 is 59.9 Å². The highest BCUT2D eigenvalue weighted by Gasteiger charge is 2.75. The van der Waals surface area contributed by atoms with Crippen molar-refractivity contribution in [1.29, 1.82) is 0 Å². The minimum Gasteiger partial charge on any atom is -0.458 e. The molecular formula is C29H44O12. The van der Waals surface area contributed by atoms with Crippen molar-refractivity contribution in [3.8, 4) is 0 Å². The first-order valence-corrected chi connectivity index (χ1v) is 14.9. The zero-order valence-corrected chi connectivity index (χ0v) is 23.5. The minimum absolute atomic E-state index is 0.0369. The maximum absolute atomic E-state index is 12.4. The van der Waals surface area contributed by atoms with Gasteiger partial charge in [0.05, 0.1) is 47.6 Å². The Kier molecular flexibility index (Phi) is 7.22. The Labute approximate surface area is 238 Å². The first-order valence-electron chi connectivity index (χ1n) is 14.9. The summed E-state index contributed by atoms with van der Waals surface area (Å²) in [5.41, 5.74) is -4.46. The number of esters is 1. The molecule has 0 aromatic carbocycles. The molecule has 0 unspecified atom stereocenters. The van der Waals surface area contributed by atoms with Crippen molar-refractivity contribution in [3.63, 3.8) is 0 Å². The van der Waals surface area contributed by atoms with Crippen molar-refractivity contribution in [2.45, 2.75) is 119 Å². The van der Waals surface area contributed by atoms with E-state index in [0.29, 0.717) is 19.3 Å². The van der Waals surface area contributed by atoms with Gasteiger partial charge in [-0.3, -0.25) is 0 Å². The van der Waals surface area contributed by atoms with E-state index in [1.54, 1.807) is 0 Å². The van der Waals surface area contributed by atoms with Gasteiger partial charge in [0.2, 0.25) is 0 Å². The molecule has 0 amide bonds. The topological polar surface area (TPSA) is 207 Å². The van der Waals surface area contributed by atoms with Crippen LogP contribution in [0.1, 0.15) is 58.8 Å². The number of carbonyl (C=O) groups excluding carboxylic acids is 1. The number of hydrogen-bond acceptors (Lipinski definition) is 12. The number of fused-ring (bicyclic) bond motifs is 5. The molecule has 12 nitrogen and oxygen atoms in total. The summed E-state index contributed by atoms with van der Waals surface area (Å²) in [6.45, 7) is 3.00. The molecule has 0 bridgehead atoms. The normalized spacial score (nSPS) is 56.9. The lowest BCUT2D eigenvalue weighted by Crippen LogP contribution is -2.76. The summed E-state index contributed by atoms with van der Waals surface area (Å²) in [5, 5.41) is 89.6. The molecule has 4 aliphatic carbocycles. The number of rotatable bonds is 4. The molecule has 2 aliphatic heterocycles. The first kappa shape index (κ1) is 29.9. The average molecular weight is 585 g/mol. The molecule has 0 radical (unpaired) electrons. The molecule has 4 saturated carbocycles. The van der Waals surface area contributed by atoms with Crippen molar-refractivity contribution in [2.24, 2.45) is 28.6 Å². The third-order valence-electron chi connectivity index (χ3n) is 12.2.